The maximum absolute atomic E-state index is 13.2. The fourth-order valence-electron chi connectivity index (χ4n) is 2.20. The largest absolute Gasteiger partial charge is 0.477 e. The molecule has 0 saturated carbocycles. The monoisotopic (exact) mass is 286 g/mol. The van der Waals surface area contributed by atoms with Gasteiger partial charge in [-0.05, 0) is 36.8 Å². The van der Waals surface area contributed by atoms with Gasteiger partial charge in [0.25, 0.3) is 5.91 Å². The lowest BCUT2D eigenvalue weighted by molar-refractivity contribution is -0.122. The van der Waals surface area contributed by atoms with Crippen LogP contribution in [0.15, 0.2) is 42.5 Å². The first-order chi connectivity index (χ1) is 10.1. The molecule has 2 N–H and O–H groups in total. The summed E-state index contributed by atoms with van der Waals surface area (Å²) in [6.45, 7) is 2.18. The van der Waals surface area contributed by atoms with Gasteiger partial charge >= 0.3 is 0 Å². The van der Waals surface area contributed by atoms with E-state index in [4.69, 9.17) is 4.74 Å². The molecule has 0 radical (unpaired) electrons. The predicted octanol–water partition coefficient (Wildman–Crippen LogP) is 2.95. The van der Waals surface area contributed by atoms with Crippen molar-refractivity contribution in [2.45, 2.75) is 13.0 Å². The molecule has 0 saturated heterocycles. The van der Waals surface area contributed by atoms with Crippen molar-refractivity contribution in [1.29, 1.82) is 0 Å². The number of aryl methyl sites for hydroxylation is 1. The van der Waals surface area contributed by atoms with Crippen molar-refractivity contribution in [1.82, 2.24) is 0 Å². The van der Waals surface area contributed by atoms with E-state index in [9.17, 15) is 9.18 Å². The normalized spacial score (nSPS) is 16.4. The molecule has 1 unspecified atom stereocenters. The zero-order valence-corrected chi connectivity index (χ0v) is 11.5. The zero-order chi connectivity index (χ0) is 14.8. The minimum absolute atomic E-state index is 0.300. The molecule has 0 spiro atoms. The molecule has 0 bridgehead atoms. The van der Waals surface area contributed by atoms with Crippen LogP contribution in [-0.2, 0) is 4.79 Å². The van der Waals surface area contributed by atoms with Crippen molar-refractivity contribution in [3.63, 3.8) is 0 Å². The molecule has 0 fully saturated rings. The molecule has 5 heteroatoms. The molecule has 1 atom stereocenters. The van der Waals surface area contributed by atoms with Gasteiger partial charge < -0.3 is 15.4 Å². The second-order valence-electron chi connectivity index (χ2n) is 4.93. The highest BCUT2D eigenvalue weighted by Gasteiger charge is 2.26. The van der Waals surface area contributed by atoms with Crippen LogP contribution in [0.4, 0.5) is 15.8 Å². The highest BCUT2D eigenvalue weighted by Crippen LogP contribution is 2.28. The highest BCUT2D eigenvalue weighted by atomic mass is 19.1. The van der Waals surface area contributed by atoms with Gasteiger partial charge in [-0.1, -0.05) is 18.2 Å². The van der Waals surface area contributed by atoms with Crippen molar-refractivity contribution in [3.8, 4) is 5.75 Å². The van der Waals surface area contributed by atoms with Gasteiger partial charge in [0.15, 0.2) is 6.10 Å². The molecule has 1 heterocycles. The third kappa shape index (κ3) is 2.81. The Morgan fingerprint density at radius 3 is 3.00 bits per heavy atom. The van der Waals surface area contributed by atoms with E-state index in [1.54, 1.807) is 12.1 Å². The Bertz CT molecular complexity index is 688. The fourth-order valence-corrected chi connectivity index (χ4v) is 2.20. The summed E-state index contributed by atoms with van der Waals surface area (Å²) in [6, 6.07) is 11.7. The van der Waals surface area contributed by atoms with Gasteiger partial charge in [0.2, 0.25) is 0 Å². The molecule has 3 rings (SSSR count). The van der Waals surface area contributed by atoms with Crippen LogP contribution in [0.3, 0.4) is 0 Å². The number of ether oxygens (including phenoxy) is 1. The Labute approximate surface area is 121 Å². The number of anilines is 2. The molecular formula is C16H15FN2O2. The van der Waals surface area contributed by atoms with Crippen molar-refractivity contribution in [2.24, 2.45) is 0 Å². The summed E-state index contributed by atoms with van der Waals surface area (Å²) >= 11 is 0. The van der Waals surface area contributed by atoms with E-state index in [2.05, 4.69) is 10.6 Å². The standard InChI is InChI=1S/C16H15FN2O2/c1-10-6-7-11(17)8-13(10)19-16(20)15-9-18-12-4-2-3-5-14(12)21-15/h2-8,15,18H,9H2,1H3,(H,19,20). The summed E-state index contributed by atoms with van der Waals surface area (Å²) in [4.78, 5) is 12.2. The Hall–Kier alpha value is -2.56. The third-order valence-corrected chi connectivity index (χ3v) is 3.38. The van der Waals surface area contributed by atoms with Crippen molar-refractivity contribution >= 4 is 17.3 Å². The summed E-state index contributed by atoms with van der Waals surface area (Å²) in [7, 11) is 0. The lowest BCUT2D eigenvalue weighted by Crippen LogP contribution is -2.41. The quantitative estimate of drug-likeness (QED) is 0.892. The SMILES string of the molecule is Cc1ccc(F)cc1NC(=O)C1CNc2ccccc2O1. The summed E-state index contributed by atoms with van der Waals surface area (Å²) in [5.41, 5.74) is 2.12. The summed E-state index contributed by atoms with van der Waals surface area (Å²) in [5.74, 6) is -0.0468. The number of nitrogens with one attached hydrogen (secondary N) is 2. The number of halogens is 1. The topological polar surface area (TPSA) is 50.4 Å². The first-order valence-corrected chi connectivity index (χ1v) is 6.70. The maximum atomic E-state index is 13.2. The molecule has 2 aromatic carbocycles. The maximum Gasteiger partial charge on any atom is 0.267 e. The van der Waals surface area contributed by atoms with Crippen LogP contribution in [0.25, 0.3) is 0 Å². The minimum Gasteiger partial charge on any atom is -0.477 e. The van der Waals surface area contributed by atoms with E-state index in [1.165, 1.54) is 12.1 Å². The average Bonchev–Trinajstić information content (AvgIpc) is 2.50. The molecule has 21 heavy (non-hydrogen) atoms. The molecule has 4 nitrogen and oxygen atoms in total. The van der Waals surface area contributed by atoms with Crippen LogP contribution in [0, 0.1) is 12.7 Å². The van der Waals surface area contributed by atoms with Gasteiger partial charge in [-0.15, -0.1) is 0 Å². The number of hydrogen-bond acceptors (Lipinski definition) is 3. The van der Waals surface area contributed by atoms with Gasteiger partial charge in [-0.2, -0.15) is 0 Å². The second-order valence-corrected chi connectivity index (χ2v) is 4.93. The second kappa shape index (κ2) is 5.44. The lowest BCUT2D eigenvalue weighted by Gasteiger charge is -2.26. The molecule has 108 valence electrons. The molecule has 1 aliphatic rings. The van der Waals surface area contributed by atoms with Crippen LogP contribution < -0.4 is 15.4 Å². The van der Waals surface area contributed by atoms with E-state index in [-0.39, 0.29) is 11.7 Å². The van der Waals surface area contributed by atoms with Crippen molar-refractivity contribution in [2.75, 3.05) is 17.2 Å². The molecule has 0 aliphatic carbocycles. The highest BCUT2D eigenvalue weighted by molar-refractivity contribution is 5.95. The molecule has 2 aromatic rings. The van der Waals surface area contributed by atoms with Crippen molar-refractivity contribution in [3.05, 3.63) is 53.8 Å². The Kier molecular flexibility index (Phi) is 3.48. The van der Waals surface area contributed by atoms with Gasteiger partial charge in [-0.25, -0.2) is 4.39 Å². The van der Waals surface area contributed by atoms with Gasteiger partial charge in [-0.3, -0.25) is 4.79 Å². The van der Waals surface area contributed by atoms with E-state index in [0.717, 1.165) is 11.3 Å². The number of amides is 1. The number of carbonyl (C=O) groups is 1. The number of fused-ring (bicyclic) bond motifs is 1. The van der Waals surface area contributed by atoms with Crippen LogP contribution >= 0.6 is 0 Å². The molecule has 1 aliphatic heterocycles. The molecule has 0 aromatic heterocycles. The van der Waals surface area contributed by atoms with Gasteiger partial charge in [0.05, 0.1) is 12.2 Å². The van der Waals surface area contributed by atoms with E-state index >= 15 is 0 Å². The number of benzene rings is 2. The van der Waals surface area contributed by atoms with Gasteiger partial charge in [0.1, 0.15) is 11.6 Å². The number of hydrogen-bond donors (Lipinski definition) is 2. The van der Waals surface area contributed by atoms with Gasteiger partial charge in [0, 0.05) is 5.69 Å². The minimum atomic E-state index is -0.650. The summed E-state index contributed by atoms with van der Waals surface area (Å²) < 4.78 is 18.9. The van der Waals surface area contributed by atoms with Crippen molar-refractivity contribution < 1.29 is 13.9 Å². The fraction of sp³-hybridized carbons (Fsp3) is 0.188. The Balaban J connectivity index is 1.74. The number of para-hydroxylation sites is 2. The summed E-state index contributed by atoms with van der Waals surface area (Å²) in [5, 5.41) is 5.85. The zero-order valence-electron chi connectivity index (χ0n) is 11.5. The average molecular weight is 286 g/mol. The first kappa shape index (κ1) is 13.4. The molecule has 1 amide bonds. The van der Waals surface area contributed by atoms with Crippen LogP contribution in [-0.4, -0.2) is 18.6 Å². The first-order valence-electron chi connectivity index (χ1n) is 6.70. The van der Waals surface area contributed by atoms with Crippen LogP contribution in [0.1, 0.15) is 5.56 Å². The Morgan fingerprint density at radius 2 is 2.14 bits per heavy atom. The van der Waals surface area contributed by atoms with E-state index in [0.29, 0.717) is 18.0 Å². The predicted molar refractivity (Wildman–Crippen MR) is 79.1 cm³/mol. The van der Waals surface area contributed by atoms with E-state index in [1.807, 2.05) is 25.1 Å². The number of rotatable bonds is 2. The van der Waals surface area contributed by atoms with Crippen LogP contribution in [0.5, 0.6) is 5.75 Å². The van der Waals surface area contributed by atoms with E-state index < -0.39 is 6.10 Å². The summed E-state index contributed by atoms with van der Waals surface area (Å²) in [6.07, 6.45) is -0.650. The lowest BCUT2D eigenvalue weighted by atomic mass is 10.1. The van der Waals surface area contributed by atoms with Crippen LogP contribution in [0.2, 0.25) is 0 Å². The third-order valence-electron chi connectivity index (χ3n) is 3.38. The number of carbonyl (C=O) groups excluding carboxylic acids is 1. The molecular weight excluding hydrogens is 271 g/mol. The smallest absolute Gasteiger partial charge is 0.267 e. The Morgan fingerprint density at radius 1 is 1.33 bits per heavy atom.